The van der Waals surface area contributed by atoms with Gasteiger partial charge in [-0.2, -0.15) is 0 Å². The number of aliphatic hydroxyl groups excluding tert-OH is 1. The lowest BCUT2D eigenvalue weighted by Gasteiger charge is -2.35. The van der Waals surface area contributed by atoms with Crippen LogP contribution in [0.3, 0.4) is 0 Å². The quantitative estimate of drug-likeness (QED) is 0.849. The molecule has 3 atom stereocenters. The SMILES string of the molecule is COC(=O)c1cccc(-c2cccc(C(=O)N3C[C@H]4CC[C@@H](C3)C4O)c2)c1. The van der Waals surface area contributed by atoms with Crippen molar-refractivity contribution in [3.63, 3.8) is 0 Å². The second kappa shape index (κ2) is 7.16. The molecule has 27 heavy (non-hydrogen) atoms. The van der Waals surface area contributed by atoms with Gasteiger partial charge < -0.3 is 14.7 Å². The van der Waals surface area contributed by atoms with Gasteiger partial charge in [-0.3, -0.25) is 4.79 Å². The van der Waals surface area contributed by atoms with E-state index in [0.29, 0.717) is 24.2 Å². The zero-order valence-electron chi connectivity index (χ0n) is 15.3. The van der Waals surface area contributed by atoms with Crippen molar-refractivity contribution in [2.24, 2.45) is 11.8 Å². The Hall–Kier alpha value is -2.66. The van der Waals surface area contributed by atoms with Crippen LogP contribution in [0.2, 0.25) is 0 Å². The fraction of sp³-hybridized carbons (Fsp3) is 0.364. The van der Waals surface area contributed by atoms with Crippen molar-refractivity contribution >= 4 is 11.9 Å². The number of amides is 1. The number of piperidine rings is 1. The van der Waals surface area contributed by atoms with Gasteiger partial charge in [0.2, 0.25) is 0 Å². The fourth-order valence-corrected chi connectivity index (χ4v) is 4.32. The van der Waals surface area contributed by atoms with Crippen LogP contribution < -0.4 is 0 Å². The summed E-state index contributed by atoms with van der Waals surface area (Å²) in [6.45, 7) is 1.25. The van der Waals surface area contributed by atoms with Gasteiger partial charge in [-0.25, -0.2) is 4.79 Å². The van der Waals surface area contributed by atoms with Gasteiger partial charge in [0.1, 0.15) is 0 Å². The molecule has 1 saturated carbocycles. The molecule has 2 bridgehead atoms. The van der Waals surface area contributed by atoms with Crippen LogP contribution in [0.4, 0.5) is 0 Å². The van der Waals surface area contributed by atoms with E-state index in [-0.39, 0.29) is 29.8 Å². The molecule has 2 fully saturated rings. The van der Waals surface area contributed by atoms with Crippen LogP contribution in [0.5, 0.6) is 0 Å². The highest BCUT2D eigenvalue weighted by molar-refractivity contribution is 5.96. The van der Waals surface area contributed by atoms with Crippen molar-refractivity contribution in [1.82, 2.24) is 4.90 Å². The van der Waals surface area contributed by atoms with Crippen molar-refractivity contribution in [1.29, 1.82) is 0 Å². The minimum Gasteiger partial charge on any atom is -0.465 e. The standard InChI is InChI=1S/C22H23NO4/c1-27-22(26)17-7-3-5-15(11-17)14-4-2-6-16(10-14)21(25)23-12-18-8-9-19(13-23)20(18)24/h2-7,10-11,18-20,24H,8-9,12-13H2,1H3/t18-,19+,20?. The number of nitrogens with zero attached hydrogens (tertiary/aromatic N) is 1. The van der Waals surface area contributed by atoms with Gasteiger partial charge >= 0.3 is 5.97 Å². The third kappa shape index (κ3) is 3.35. The smallest absolute Gasteiger partial charge is 0.337 e. The first-order valence-corrected chi connectivity index (χ1v) is 9.33. The number of hydrogen-bond acceptors (Lipinski definition) is 4. The van der Waals surface area contributed by atoms with Crippen LogP contribution in [0, 0.1) is 11.8 Å². The van der Waals surface area contributed by atoms with E-state index in [9.17, 15) is 14.7 Å². The van der Waals surface area contributed by atoms with Gasteiger partial charge in [-0.05, 0) is 48.2 Å². The van der Waals surface area contributed by atoms with E-state index in [2.05, 4.69) is 0 Å². The normalized spacial score (nSPS) is 23.9. The van der Waals surface area contributed by atoms with Gasteiger partial charge in [0, 0.05) is 30.5 Å². The zero-order chi connectivity index (χ0) is 19.0. The molecule has 4 rings (SSSR count). The largest absolute Gasteiger partial charge is 0.465 e. The van der Waals surface area contributed by atoms with Crippen LogP contribution >= 0.6 is 0 Å². The van der Waals surface area contributed by atoms with Crippen molar-refractivity contribution < 1.29 is 19.4 Å². The van der Waals surface area contributed by atoms with Crippen molar-refractivity contribution in [2.45, 2.75) is 18.9 Å². The van der Waals surface area contributed by atoms with Gasteiger partial charge in [0.05, 0.1) is 18.8 Å². The topological polar surface area (TPSA) is 66.8 Å². The Kier molecular flexibility index (Phi) is 4.70. The Morgan fingerprint density at radius 3 is 2.11 bits per heavy atom. The van der Waals surface area contributed by atoms with Gasteiger partial charge in [-0.1, -0.05) is 24.3 Å². The second-order valence-electron chi connectivity index (χ2n) is 7.45. The van der Waals surface area contributed by atoms with Crippen LogP contribution in [-0.4, -0.2) is 48.2 Å². The molecule has 0 spiro atoms. The number of aliphatic hydroxyl groups is 1. The predicted octanol–water partition coefficient (Wildman–Crippen LogP) is 2.98. The first-order chi connectivity index (χ1) is 13.1. The molecule has 0 aromatic heterocycles. The molecule has 0 radical (unpaired) electrons. The van der Waals surface area contributed by atoms with E-state index < -0.39 is 0 Å². The number of methoxy groups -OCH3 is 1. The molecular formula is C22H23NO4. The molecule has 140 valence electrons. The van der Waals surface area contributed by atoms with Crippen molar-refractivity contribution in [2.75, 3.05) is 20.2 Å². The van der Waals surface area contributed by atoms with E-state index in [4.69, 9.17) is 4.74 Å². The summed E-state index contributed by atoms with van der Waals surface area (Å²) in [5.74, 6) is 0.0245. The fourth-order valence-electron chi connectivity index (χ4n) is 4.32. The Balaban J connectivity index is 1.58. The molecule has 2 aliphatic rings. The summed E-state index contributed by atoms with van der Waals surface area (Å²) in [4.78, 5) is 26.6. The van der Waals surface area contributed by atoms with Crippen molar-refractivity contribution in [3.8, 4) is 11.1 Å². The Bertz CT molecular complexity index is 864. The summed E-state index contributed by atoms with van der Waals surface area (Å²) >= 11 is 0. The zero-order valence-corrected chi connectivity index (χ0v) is 15.3. The molecule has 1 heterocycles. The van der Waals surface area contributed by atoms with Gasteiger partial charge in [0.25, 0.3) is 5.91 Å². The number of likely N-dealkylation sites (tertiary alicyclic amines) is 1. The summed E-state index contributed by atoms with van der Waals surface area (Å²) in [5.41, 5.74) is 2.85. The molecule has 1 amide bonds. The molecule has 1 unspecified atom stereocenters. The van der Waals surface area contributed by atoms with Crippen LogP contribution in [0.15, 0.2) is 48.5 Å². The Morgan fingerprint density at radius 1 is 0.963 bits per heavy atom. The van der Waals surface area contributed by atoms with Gasteiger partial charge in [-0.15, -0.1) is 0 Å². The second-order valence-corrected chi connectivity index (χ2v) is 7.45. The lowest BCUT2D eigenvalue weighted by atomic mass is 9.94. The highest BCUT2D eigenvalue weighted by atomic mass is 16.5. The summed E-state index contributed by atoms with van der Waals surface area (Å²) in [7, 11) is 1.36. The average molecular weight is 365 g/mol. The number of hydrogen-bond donors (Lipinski definition) is 1. The summed E-state index contributed by atoms with van der Waals surface area (Å²) in [6.07, 6.45) is 1.73. The predicted molar refractivity (Wildman–Crippen MR) is 101 cm³/mol. The van der Waals surface area contributed by atoms with Crippen molar-refractivity contribution in [3.05, 3.63) is 59.7 Å². The lowest BCUT2D eigenvalue weighted by Crippen LogP contribution is -2.47. The summed E-state index contributed by atoms with van der Waals surface area (Å²) in [5, 5.41) is 10.2. The molecule has 5 nitrogen and oxygen atoms in total. The minimum absolute atomic E-state index is 0.00442. The van der Waals surface area contributed by atoms with E-state index in [0.717, 1.165) is 24.0 Å². The number of rotatable bonds is 3. The van der Waals surface area contributed by atoms with E-state index in [1.165, 1.54) is 7.11 Å². The first-order valence-electron chi connectivity index (χ1n) is 9.33. The molecule has 1 aliphatic carbocycles. The Labute approximate surface area is 158 Å². The minimum atomic E-state index is -0.383. The average Bonchev–Trinajstić information content (AvgIpc) is 2.93. The number of fused-ring (bicyclic) bond motifs is 2. The number of carbonyl (C=O) groups is 2. The van der Waals surface area contributed by atoms with E-state index >= 15 is 0 Å². The summed E-state index contributed by atoms with van der Waals surface area (Å²) in [6, 6.07) is 14.7. The molecule has 1 aliphatic heterocycles. The number of benzene rings is 2. The molecule has 5 heteroatoms. The molecule has 1 N–H and O–H groups in total. The maximum Gasteiger partial charge on any atom is 0.337 e. The first kappa shape index (κ1) is 17.7. The summed E-state index contributed by atoms with van der Waals surface area (Å²) < 4.78 is 4.78. The molecule has 1 saturated heterocycles. The number of carbonyl (C=O) groups excluding carboxylic acids is 2. The van der Waals surface area contributed by atoms with Crippen LogP contribution in [0.1, 0.15) is 33.6 Å². The Morgan fingerprint density at radius 2 is 1.52 bits per heavy atom. The third-order valence-corrected chi connectivity index (χ3v) is 5.80. The highest BCUT2D eigenvalue weighted by Crippen LogP contribution is 2.37. The maximum absolute atomic E-state index is 13.0. The van der Waals surface area contributed by atoms with E-state index in [1.54, 1.807) is 18.2 Å². The molecule has 2 aromatic rings. The highest BCUT2D eigenvalue weighted by Gasteiger charge is 2.42. The maximum atomic E-state index is 13.0. The van der Waals surface area contributed by atoms with Crippen LogP contribution in [-0.2, 0) is 4.74 Å². The van der Waals surface area contributed by atoms with Crippen LogP contribution in [0.25, 0.3) is 11.1 Å². The number of esters is 1. The molecule has 2 aromatic carbocycles. The lowest BCUT2D eigenvalue weighted by molar-refractivity contribution is 0.0166. The monoisotopic (exact) mass is 365 g/mol. The number of ether oxygens (including phenoxy) is 1. The van der Waals surface area contributed by atoms with E-state index in [1.807, 2.05) is 35.2 Å². The van der Waals surface area contributed by atoms with Gasteiger partial charge in [0.15, 0.2) is 0 Å². The third-order valence-electron chi connectivity index (χ3n) is 5.80. The molecular weight excluding hydrogens is 342 g/mol.